The van der Waals surface area contributed by atoms with E-state index < -0.39 is 0 Å². The van der Waals surface area contributed by atoms with Gasteiger partial charge in [-0.1, -0.05) is 11.6 Å². The SMILES string of the molecule is COC(=O)C1CCC(NC(=O)c2ccc(C)nc2Cl)CC1. The lowest BCUT2D eigenvalue weighted by Crippen LogP contribution is -2.39. The van der Waals surface area contributed by atoms with E-state index >= 15 is 0 Å². The molecule has 1 fully saturated rings. The highest BCUT2D eigenvalue weighted by Gasteiger charge is 2.28. The van der Waals surface area contributed by atoms with E-state index in [0.717, 1.165) is 31.4 Å². The fourth-order valence-corrected chi connectivity index (χ4v) is 2.88. The lowest BCUT2D eigenvalue weighted by Gasteiger charge is -2.27. The van der Waals surface area contributed by atoms with E-state index in [1.165, 1.54) is 7.11 Å². The van der Waals surface area contributed by atoms with Crippen molar-refractivity contribution in [2.75, 3.05) is 7.11 Å². The van der Waals surface area contributed by atoms with Crippen LogP contribution in [0.4, 0.5) is 0 Å². The van der Waals surface area contributed by atoms with Crippen molar-refractivity contribution in [1.82, 2.24) is 10.3 Å². The minimum atomic E-state index is -0.214. The monoisotopic (exact) mass is 310 g/mol. The van der Waals surface area contributed by atoms with Gasteiger partial charge in [-0.05, 0) is 44.7 Å². The molecule has 21 heavy (non-hydrogen) atoms. The van der Waals surface area contributed by atoms with Gasteiger partial charge in [0.2, 0.25) is 0 Å². The average Bonchev–Trinajstić information content (AvgIpc) is 2.47. The molecule has 1 amide bonds. The number of nitrogens with one attached hydrogen (secondary N) is 1. The number of hydrogen-bond donors (Lipinski definition) is 1. The average molecular weight is 311 g/mol. The number of pyridine rings is 1. The molecule has 1 heterocycles. The zero-order chi connectivity index (χ0) is 15.4. The fraction of sp³-hybridized carbons (Fsp3) is 0.533. The van der Waals surface area contributed by atoms with Crippen LogP contribution in [0.25, 0.3) is 0 Å². The number of ether oxygens (including phenoxy) is 1. The molecule has 1 saturated carbocycles. The molecule has 2 rings (SSSR count). The molecule has 0 atom stereocenters. The summed E-state index contributed by atoms with van der Waals surface area (Å²) in [5.41, 5.74) is 1.16. The Bertz CT molecular complexity index is 540. The predicted octanol–water partition coefficient (Wildman–Crippen LogP) is 2.51. The molecular weight excluding hydrogens is 292 g/mol. The van der Waals surface area contributed by atoms with E-state index in [1.807, 2.05) is 6.92 Å². The molecule has 0 aliphatic heterocycles. The van der Waals surface area contributed by atoms with Crippen LogP contribution in [0.3, 0.4) is 0 Å². The van der Waals surface area contributed by atoms with Gasteiger partial charge in [0.1, 0.15) is 5.15 Å². The van der Waals surface area contributed by atoms with Crippen molar-refractivity contribution in [2.45, 2.75) is 38.6 Å². The van der Waals surface area contributed by atoms with Gasteiger partial charge in [-0.2, -0.15) is 0 Å². The van der Waals surface area contributed by atoms with Crippen LogP contribution in [0.15, 0.2) is 12.1 Å². The van der Waals surface area contributed by atoms with Gasteiger partial charge >= 0.3 is 5.97 Å². The van der Waals surface area contributed by atoms with Crippen molar-refractivity contribution >= 4 is 23.5 Å². The molecule has 0 bridgehead atoms. The Morgan fingerprint density at radius 1 is 1.29 bits per heavy atom. The Balaban J connectivity index is 1.91. The molecule has 1 aromatic rings. The molecular formula is C15H19ClN2O3. The van der Waals surface area contributed by atoms with E-state index in [-0.39, 0.29) is 29.0 Å². The Hall–Kier alpha value is -1.62. The van der Waals surface area contributed by atoms with Crippen LogP contribution in [0.2, 0.25) is 5.15 Å². The van der Waals surface area contributed by atoms with Crippen LogP contribution in [0.5, 0.6) is 0 Å². The molecule has 0 aromatic carbocycles. The smallest absolute Gasteiger partial charge is 0.308 e. The van der Waals surface area contributed by atoms with E-state index in [1.54, 1.807) is 12.1 Å². The van der Waals surface area contributed by atoms with Crippen LogP contribution < -0.4 is 5.32 Å². The summed E-state index contributed by atoms with van der Waals surface area (Å²) in [4.78, 5) is 27.7. The quantitative estimate of drug-likeness (QED) is 0.688. The maximum atomic E-state index is 12.2. The second-order valence-electron chi connectivity index (χ2n) is 5.34. The molecule has 1 aliphatic rings. The number of aromatic nitrogens is 1. The minimum absolute atomic E-state index is 0.0484. The van der Waals surface area contributed by atoms with Crippen LogP contribution >= 0.6 is 11.6 Å². The molecule has 0 radical (unpaired) electrons. The maximum absolute atomic E-state index is 12.2. The number of esters is 1. The Morgan fingerprint density at radius 2 is 1.95 bits per heavy atom. The summed E-state index contributed by atoms with van der Waals surface area (Å²) in [7, 11) is 1.41. The summed E-state index contributed by atoms with van der Waals surface area (Å²) >= 11 is 5.99. The summed E-state index contributed by atoms with van der Waals surface area (Å²) in [5, 5.41) is 3.18. The number of aryl methyl sites for hydroxylation is 1. The molecule has 5 nitrogen and oxygen atoms in total. The molecule has 1 aromatic heterocycles. The third-order valence-electron chi connectivity index (χ3n) is 3.83. The number of carbonyl (C=O) groups excluding carboxylic acids is 2. The first kappa shape index (κ1) is 15.8. The summed E-state index contributed by atoms with van der Waals surface area (Å²) < 4.78 is 4.75. The zero-order valence-electron chi connectivity index (χ0n) is 12.2. The van der Waals surface area contributed by atoms with Gasteiger partial charge in [-0.3, -0.25) is 9.59 Å². The lowest BCUT2D eigenvalue weighted by molar-refractivity contribution is -0.146. The largest absolute Gasteiger partial charge is 0.469 e. The number of nitrogens with zero attached hydrogens (tertiary/aromatic N) is 1. The maximum Gasteiger partial charge on any atom is 0.308 e. The first-order valence-electron chi connectivity index (χ1n) is 7.03. The van der Waals surface area contributed by atoms with Crippen LogP contribution in [0, 0.1) is 12.8 Å². The summed E-state index contributed by atoms with van der Waals surface area (Å²) in [6.07, 6.45) is 3.00. The highest BCUT2D eigenvalue weighted by molar-refractivity contribution is 6.32. The summed E-state index contributed by atoms with van der Waals surface area (Å²) in [6, 6.07) is 3.51. The molecule has 1 N–H and O–H groups in total. The zero-order valence-corrected chi connectivity index (χ0v) is 12.9. The molecule has 0 spiro atoms. The van der Waals surface area contributed by atoms with Crippen molar-refractivity contribution in [2.24, 2.45) is 5.92 Å². The van der Waals surface area contributed by atoms with Crippen molar-refractivity contribution in [1.29, 1.82) is 0 Å². The Labute approximate surface area is 129 Å². The number of halogens is 1. The third-order valence-corrected chi connectivity index (χ3v) is 4.12. The van der Waals surface area contributed by atoms with E-state index in [0.29, 0.717) is 5.56 Å². The molecule has 1 aliphatic carbocycles. The van der Waals surface area contributed by atoms with Crippen molar-refractivity contribution < 1.29 is 14.3 Å². The molecule has 6 heteroatoms. The number of amides is 1. The second kappa shape index (κ2) is 6.89. The Morgan fingerprint density at radius 3 is 2.52 bits per heavy atom. The predicted molar refractivity (Wildman–Crippen MR) is 79.2 cm³/mol. The van der Waals surface area contributed by atoms with E-state index in [2.05, 4.69) is 10.3 Å². The Kier molecular flexibility index (Phi) is 5.17. The van der Waals surface area contributed by atoms with Gasteiger partial charge in [0.15, 0.2) is 0 Å². The third kappa shape index (κ3) is 3.94. The normalized spacial score (nSPS) is 21.7. The highest BCUT2D eigenvalue weighted by atomic mass is 35.5. The first-order chi connectivity index (χ1) is 10.0. The van der Waals surface area contributed by atoms with Gasteiger partial charge in [0, 0.05) is 11.7 Å². The summed E-state index contributed by atoms with van der Waals surface area (Å²) in [5.74, 6) is -0.424. The number of carbonyl (C=O) groups is 2. The van der Waals surface area contributed by atoms with Gasteiger partial charge in [0.05, 0.1) is 18.6 Å². The van der Waals surface area contributed by atoms with Gasteiger partial charge in [-0.15, -0.1) is 0 Å². The molecule has 0 saturated heterocycles. The second-order valence-corrected chi connectivity index (χ2v) is 5.69. The number of methoxy groups -OCH3 is 1. The van der Waals surface area contributed by atoms with Gasteiger partial charge in [-0.25, -0.2) is 4.98 Å². The standard InChI is InChI=1S/C15H19ClN2O3/c1-9-3-8-12(13(16)17-9)14(19)18-11-6-4-10(5-7-11)15(20)21-2/h3,8,10-11H,4-7H2,1-2H3,(H,18,19). The van der Waals surface area contributed by atoms with Crippen LogP contribution in [0.1, 0.15) is 41.7 Å². The number of rotatable bonds is 3. The van der Waals surface area contributed by atoms with Crippen LogP contribution in [-0.2, 0) is 9.53 Å². The molecule has 114 valence electrons. The number of hydrogen-bond acceptors (Lipinski definition) is 4. The lowest BCUT2D eigenvalue weighted by atomic mass is 9.86. The van der Waals surface area contributed by atoms with E-state index in [4.69, 9.17) is 16.3 Å². The highest BCUT2D eigenvalue weighted by Crippen LogP contribution is 2.25. The van der Waals surface area contributed by atoms with Gasteiger partial charge in [0.25, 0.3) is 5.91 Å². The van der Waals surface area contributed by atoms with Crippen molar-refractivity contribution in [3.8, 4) is 0 Å². The minimum Gasteiger partial charge on any atom is -0.469 e. The topological polar surface area (TPSA) is 68.3 Å². The van der Waals surface area contributed by atoms with Crippen molar-refractivity contribution in [3.63, 3.8) is 0 Å². The van der Waals surface area contributed by atoms with E-state index in [9.17, 15) is 9.59 Å². The first-order valence-corrected chi connectivity index (χ1v) is 7.41. The van der Waals surface area contributed by atoms with Crippen molar-refractivity contribution in [3.05, 3.63) is 28.5 Å². The van der Waals surface area contributed by atoms with Gasteiger partial charge < -0.3 is 10.1 Å². The molecule has 0 unspecified atom stereocenters. The van der Waals surface area contributed by atoms with Crippen LogP contribution in [-0.4, -0.2) is 30.0 Å². The summed E-state index contributed by atoms with van der Waals surface area (Å²) in [6.45, 7) is 1.82. The fourth-order valence-electron chi connectivity index (χ4n) is 2.60.